The molecule has 0 saturated heterocycles. The maximum atomic E-state index is 8.69. The van der Waals surface area contributed by atoms with Crippen molar-refractivity contribution in [3.63, 3.8) is 0 Å². The average Bonchev–Trinajstić information content (AvgIpc) is 2.48. The molecule has 0 amide bonds. The van der Waals surface area contributed by atoms with Crippen LogP contribution in [0.25, 0.3) is 0 Å². The lowest BCUT2D eigenvalue weighted by molar-refractivity contribution is 0.292. The van der Waals surface area contributed by atoms with Crippen LogP contribution in [-0.4, -0.2) is 18.3 Å². The van der Waals surface area contributed by atoms with Crippen molar-refractivity contribution in [1.29, 1.82) is 0 Å². The molecule has 2 aromatic rings. The Bertz CT molecular complexity index is 552. The lowest BCUT2D eigenvalue weighted by Gasteiger charge is -2.02. The Morgan fingerprint density at radius 3 is 2.00 bits per heavy atom. The van der Waals surface area contributed by atoms with Crippen LogP contribution >= 0.6 is 11.6 Å². The van der Waals surface area contributed by atoms with E-state index in [1.165, 1.54) is 0 Å². The van der Waals surface area contributed by atoms with Gasteiger partial charge in [0.2, 0.25) is 0 Å². The minimum absolute atomic E-state index is 0.146. The van der Waals surface area contributed by atoms with E-state index in [9.17, 15) is 0 Å². The highest BCUT2D eigenvalue weighted by molar-refractivity contribution is 6.30. The average molecular weight is 290 g/mol. The summed E-state index contributed by atoms with van der Waals surface area (Å²) in [6.45, 7) is 1.47. The Balaban J connectivity index is 1.94. The van der Waals surface area contributed by atoms with Gasteiger partial charge in [0.25, 0.3) is 0 Å². The molecule has 104 valence electrons. The van der Waals surface area contributed by atoms with E-state index < -0.39 is 0 Å². The Kier molecular flexibility index (Phi) is 5.68. The van der Waals surface area contributed by atoms with Crippen molar-refractivity contribution < 1.29 is 5.11 Å². The normalized spacial score (nSPS) is 11.1. The number of benzene rings is 2. The first kappa shape index (κ1) is 14.7. The molecule has 0 aromatic heterocycles. The number of hydrogen-bond acceptors (Lipinski definition) is 4. The van der Waals surface area contributed by atoms with Gasteiger partial charge in [0.05, 0.1) is 18.0 Å². The van der Waals surface area contributed by atoms with Gasteiger partial charge in [-0.05, 0) is 42.0 Å². The van der Waals surface area contributed by atoms with Crippen molar-refractivity contribution in [3.05, 3.63) is 59.1 Å². The van der Waals surface area contributed by atoms with E-state index in [0.29, 0.717) is 11.6 Å². The van der Waals surface area contributed by atoms with Crippen LogP contribution in [0.1, 0.15) is 5.56 Å². The van der Waals surface area contributed by atoms with Gasteiger partial charge in [0, 0.05) is 18.1 Å². The summed E-state index contributed by atoms with van der Waals surface area (Å²) in [5, 5.41) is 20.8. The molecule has 20 heavy (non-hydrogen) atoms. The maximum absolute atomic E-state index is 8.69. The second-order valence-corrected chi connectivity index (χ2v) is 4.68. The van der Waals surface area contributed by atoms with E-state index in [-0.39, 0.29) is 6.61 Å². The molecular weight excluding hydrogens is 274 g/mol. The van der Waals surface area contributed by atoms with E-state index in [0.717, 1.165) is 23.5 Å². The number of hydrogen-bond donors (Lipinski definition) is 2. The quantitative estimate of drug-likeness (QED) is 0.627. The Labute approximate surface area is 123 Å². The predicted molar refractivity (Wildman–Crippen MR) is 80.9 cm³/mol. The summed E-state index contributed by atoms with van der Waals surface area (Å²) >= 11 is 5.80. The topological polar surface area (TPSA) is 57.0 Å². The monoisotopic (exact) mass is 289 g/mol. The van der Waals surface area contributed by atoms with Gasteiger partial charge in [-0.15, -0.1) is 0 Å². The molecule has 0 bridgehead atoms. The van der Waals surface area contributed by atoms with Gasteiger partial charge in [0.1, 0.15) is 0 Å². The molecule has 0 aliphatic rings. The van der Waals surface area contributed by atoms with E-state index in [1.54, 1.807) is 12.1 Å². The van der Waals surface area contributed by atoms with Crippen molar-refractivity contribution in [2.24, 2.45) is 10.2 Å². The fourth-order valence-electron chi connectivity index (χ4n) is 1.62. The number of rotatable bonds is 6. The molecule has 0 unspecified atom stereocenters. The fraction of sp³-hybridized carbons (Fsp3) is 0.200. The third kappa shape index (κ3) is 4.74. The molecule has 2 rings (SSSR count). The van der Waals surface area contributed by atoms with E-state index in [1.807, 2.05) is 36.4 Å². The number of halogens is 1. The fourth-order valence-corrected chi connectivity index (χ4v) is 1.74. The summed E-state index contributed by atoms with van der Waals surface area (Å²) in [4.78, 5) is 0. The molecule has 0 saturated carbocycles. The zero-order valence-electron chi connectivity index (χ0n) is 11.0. The van der Waals surface area contributed by atoms with Crippen molar-refractivity contribution in [1.82, 2.24) is 5.32 Å². The first-order valence-corrected chi connectivity index (χ1v) is 6.73. The van der Waals surface area contributed by atoms with E-state index in [4.69, 9.17) is 16.7 Å². The molecule has 2 N–H and O–H groups in total. The highest BCUT2D eigenvalue weighted by Gasteiger charge is 1.94. The number of nitrogens with zero attached hydrogens (tertiary/aromatic N) is 2. The van der Waals surface area contributed by atoms with Crippen LogP contribution in [0.2, 0.25) is 5.02 Å². The molecule has 0 atom stereocenters. The van der Waals surface area contributed by atoms with Gasteiger partial charge >= 0.3 is 0 Å². The first-order valence-electron chi connectivity index (χ1n) is 6.36. The molecule has 5 heteroatoms. The first-order chi connectivity index (χ1) is 9.78. The van der Waals surface area contributed by atoms with Crippen molar-refractivity contribution in [2.45, 2.75) is 6.54 Å². The molecule has 0 aliphatic heterocycles. The van der Waals surface area contributed by atoms with Crippen molar-refractivity contribution in [3.8, 4) is 0 Å². The van der Waals surface area contributed by atoms with E-state index >= 15 is 0 Å². The lowest BCUT2D eigenvalue weighted by atomic mass is 10.2. The molecule has 0 heterocycles. The predicted octanol–water partition coefficient (Wildman–Crippen LogP) is 3.84. The van der Waals surface area contributed by atoms with Crippen molar-refractivity contribution in [2.75, 3.05) is 13.2 Å². The SMILES string of the molecule is OCCNCc1ccc(N=Nc2ccc(Cl)cc2)cc1. The summed E-state index contributed by atoms with van der Waals surface area (Å²) in [6, 6.07) is 15.0. The second kappa shape index (κ2) is 7.75. The third-order valence-corrected chi connectivity index (χ3v) is 2.91. The van der Waals surface area contributed by atoms with Gasteiger partial charge in [-0.25, -0.2) is 0 Å². The molecule has 2 aromatic carbocycles. The largest absolute Gasteiger partial charge is 0.395 e. The van der Waals surface area contributed by atoms with Crippen molar-refractivity contribution >= 4 is 23.0 Å². The van der Waals surface area contributed by atoms with Crippen LogP contribution in [0.5, 0.6) is 0 Å². The number of nitrogens with one attached hydrogen (secondary N) is 1. The van der Waals surface area contributed by atoms with Gasteiger partial charge in [-0.1, -0.05) is 23.7 Å². The Hall–Kier alpha value is -1.75. The van der Waals surface area contributed by atoms with Crippen LogP contribution in [0.15, 0.2) is 58.8 Å². The lowest BCUT2D eigenvalue weighted by Crippen LogP contribution is -2.17. The summed E-state index contributed by atoms with van der Waals surface area (Å²) in [5.41, 5.74) is 2.71. The summed E-state index contributed by atoms with van der Waals surface area (Å²) in [5.74, 6) is 0. The van der Waals surface area contributed by atoms with Crippen LogP contribution in [0.4, 0.5) is 11.4 Å². The molecular formula is C15H16ClN3O. The summed E-state index contributed by atoms with van der Waals surface area (Å²) < 4.78 is 0. The smallest absolute Gasteiger partial charge is 0.0858 e. The number of azo groups is 1. The van der Waals surface area contributed by atoms with Crippen LogP contribution < -0.4 is 5.32 Å². The number of aliphatic hydroxyl groups is 1. The highest BCUT2D eigenvalue weighted by Crippen LogP contribution is 2.20. The maximum Gasteiger partial charge on any atom is 0.0858 e. The molecule has 0 aliphatic carbocycles. The highest BCUT2D eigenvalue weighted by atomic mass is 35.5. The van der Waals surface area contributed by atoms with Gasteiger partial charge in [-0.3, -0.25) is 0 Å². The third-order valence-electron chi connectivity index (χ3n) is 2.66. The number of aliphatic hydroxyl groups excluding tert-OH is 1. The zero-order valence-corrected chi connectivity index (χ0v) is 11.7. The van der Waals surface area contributed by atoms with Crippen LogP contribution in [0, 0.1) is 0 Å². The summed E-state index contributed by atoms with van der Waals surface area (Å²) in [7, 11) is 0. The minimum Gasteiger partial charge on any atom is -0.395 e. The van der Waals surface area contributed by atoms with Crippen LogP contribution in [-0.2, 0) is 6.54 Å². The van der Waals surface area contributed by atoms with Gasteiger partial charge in [-0.2, -0.15) is 10.2 Å². The molecule has 0 radical (unpaired) electrons. The summed E-state index contributed by atoms with van der Waals surface area (Å²) in [6.07, 6.45) is 0. The van der Waals surface area contributed by atoms with Crippen LogP contribution in [0.3, 0.4) is 0 Å². The van der Waals surface area contributed by atoms with E-state index in [2.05, 4.69) is 15.5 Å². The Morgan fingerprint density at radius 1 is 0.900 bits per heavy atom. The standard InChI is InChI=1S/C15H16ClN3O/c16-13-3-7-15(8-4-13)19-18-14-5-1-12(2-6-14)11-17-9-10-20/h1-8,17,20H,9-11H2. The Morgan fingerprint density at radius 2 is 1.45 bits per heavy atom. The second-order valence-electron chi connectivity index (χ2n) is 4.24. The minimum atomic E-state index is 0.146. The molecule has 0 fully saturated rings. The molecule has 4 nitrogen and oxygen atoms in total. The van der Waals surface area contributed by atoms with Gasteiger partial charge in [0.15, 0.2) is 0 Å². The molecule has 0 spiro atoms. The van der Waals surface area contributed by atoms with Gasteiger partial charge < -0.3 is 10.4 Å². The zero-order chi connectivity index (χ0) is 14.2.